The van der Waals surface area contributed by atoms with Gasteiger partial charge in [-0.3, -0.25) is 0 Å². The van der Waals surface area contributed by atoms with E-state index in [9.17, 15) is 9.18 Å². The minimum absolute atomic E-state index is 0.272. The van der Waals surface area contributed by atoms with Crippen molar-refractivity contribution in [2.45, 2.75) is 24.8 Å². The summed E-state index contributed by atoms with van der Waals surface area (Å²) in [5, 5.41) is 0. The minimum atomic E-state index is -1.13. The van der Waals surface area contributed by atoms with Gasteiger partial charge in [0, 0.05) is 13.0 Å². The first-order valence-corrected chi connectivity index (χ1v) is 6.32. The molecule has 0 bridgehead atoms. The Morgan fingerprint density at radius 2 is 2.28 bits per heavy atom. The molecule has 0 spiro atoms. The Kier molecular flexibility index (Phi) is 6.05. The fourth-order valence-electron chi connectivity index (χ4n) is 1.26. The molecule has 0 amide bonds. The molecule has 6 heteroatoms. The molecule has 0 aliphatic rings. The minimum Gasteiger partial charge on any atom is -0.382 e. The van der Waals surface area contributed by atoms with Crippen molar-refractivity contribution in [2.75, 3.05) is 6.61 Å². The molecule has 1 unspecified atom stereocenters. The SMILES string of the molecule is CC(Cl)(CCOCc1cccc(F)c1)C(=O)OBr. The maximum Gasteiger partial charge on any atom is 0.338 e. The zero-order valence-corrected chi connectivity index (χ0v) is 12.1. The zero-order valence-electron chi connectivity index (χ0n) is 9.79. The molecule has 0 fully saturated rings. The van der Waals surface area contributed by atoms with Crippen LogP contribution in [0.5, 0.6) is 0 Å². The van der Waals surface area contributed by atoms with Crippen molar-refractivity contribution >= 4 is 33.8 Å². The summed E-state index contributed by atoms with van der Waals surface area (Å²) < 4.78 is 22.6. The van der Waals surface area contributed by atoms with Crippen LogP contribution in [0, 0.1) is 5.82 Å². The first-order chi connectivity index (χ1) is 8.45. The Morgan fingerprint density at radius 1 is 1.56 bits per heavy atom. The van der Waals surface area contributed by atoms with Gasteiger partial charge in [-0.1, -0.05) is 12.1 Å². The van der Waals surface area contributed by atoms with E-state index >= 15 is 0 Å². The van der Waals surface area contributed by atoms with Crippen molar-refractivity contribution in [1.29, 1.82) is 0 Å². The Labute approximate surface area is 119 Å². The first kappa shape index (κ1) is 15.4. The molecule has 0 aliphatic carbocycles. The smallest absolute Gasteiger partial charge is 0.338 e. The van der Waals surface area contributed by atoms with Gasteiger partial charge < -0.3 is 8.57 Å². The Bertz CT molecular complexity index is 412. The monoisotopic (exact) mass is 338 g/mol. The van der Waals surface area contributed by atoms with Crippen LogP contribution in [0.15, 0.2) is 24.3 Å². The van der Waals surface area contributed by atoms with Gasteiger partial charge in [0.1, 0.15) is 10.7 Å². The molecule has 0 saturated heterocycles. The normalized spacial score (nSPS) is 14.0. The molecule has 1 atom stereocenters. The van der Waals surface area contributed by atoms with Gasteiger partial charge in [-0.25, -0.2) is 9.18 Å². The number of halogens is 3. The second kappa shape index (κ2) is 7.07. The molecular formula is C12H13BrClFO3. The summed E-state index contributed by atoms with van der Waals surface area (Å²) in [5.74, 6) is -0.875. The highest BCUT2D eigenvalue weighted by Crippen LogP contribution is 2.22. The van der Waals surface area contributed by atoms with Crippen molar-refractivity contribution < 1.29 is 17.8 Å². The number of carbonyl (C=O) groups excluding carboxylic acids is 1. The third-order valence-electron chi connectivity index (χ3n) is 2.37. The second-order valence-corrected chi connectivity index (χ2v) is 5.15. The number of rotatable bonds is 6. The van der Waals surface area contributed by atoms with Gasteiger partial charge in [0.2, 0.25) is 0 Å². The van der Waals surface area contributed by atoms with Gasteiger partial charge in [-0.2, -0.15) is 0 Å². The highest BCUT2D eigenvalue weighted by Gasteiger charge is 2.31. The van der Waals surface area contributed by atoms with Crippen LogP contribution in [0.1, 0.15) is 18.9 Å². The summed E-state index contributed by atoms with van der Waals surface area (Å²) in [7, 11) is 0. The fourth-order valence-corrected chi connectivity index (χ4v) is 1.83. The van der Waals surface area contributed by atoms with E-state index in [4.69, 9.17) is 16.3 Å². The molecule has 0 aromatic heterocycles. The van der Waals surface area contributed by atoms with Gasteiger partial charge in [-0.05, 0) is 24.6 Å². The third-order valence-corrected chi connectivity index (χ3v) is 3.01. The van der Waals surface area contributed by atoms with Crippen molar-refractivity contribution in [2.24, 2.45) is 0 Å². The van der Waals surface area contributed by atoms with Crippen LogP contribution in [0.4, 0.5) is 4.39 Å². The molecule has 0 radical (unpaired) electrons. The van der Waals surface area contributed by atoms with Gasteiger partial charge >= 0.3 is 5.97 Å². The molecule has 0 aliphatic heterocycles. The van der Waals surface area contributed by atoms with Crippen LogP contribution >= 0.6 is 27.9 Å². The van der Waals surface area contributed by atoms with E-state index < -0.39 is 10.8 Å². The van der Waals surface area contributed by atoms with Crippen LogP contribution < -0.4 is 0 Å². The van der Waals surface area contributed by atoms with E-state index in [1.165, 1.54) is 12.1 Å². The van der Waals surface area contributed by atoms with Crippen molar-refractivity contribution in [1.82, 2.24) is 0 Å². The highest BCUT2D eigenvalue weighted by molar-refractivity contribution is 9.06. The van der Waals surface area contributed by atoms with Gasteiger partial charge in [0.15, 0.2) is 16.3 Å². The summed E-state index contributed by atoms with van der Waals surface area (Å²) in [5.41, 5.74) is 0.731. The lowest BCUT2D eigenvalue weighted by molar-refractivity contribution is -0.135. The number of hydrogen-bond acceptors (Lipinski definition) is 3. The molecule has 0 heterocycles. The van der Waals surface area contributed by atoms with Crippen LogP contribution in [-0.2, 0) is 20.0 Å². The number of ether oxygens (including phenoxy) is 1. The van der Waals surface area contributed by atoms with Gasteiger partial charge in [-0.15, -0.1) is 11.6 Å². The average molecular weight is 340 g/mol. The fraction of sp³-hybridized carbons (Fsp3) is 0.417. The van der Waals surface area contributed by atoms with E-state index in [1.807, 2.05) is 0 Å². The maximum atomic E-state index is 12.9. The molecule has 1 aromatic rings. The van der Waals surface area contributed by atoms with Crippen molar-refractivity contribution in [3.05, 3.63) is 35.6 Å². The van der Waals surface area contributed by atoms with Crippen LogP contribution in [0.3, 0.4) is 0 Å². The Balaban J connectivity index is 2.33. The lowest BCUT2D eigenvalue weighted by Crippen LogP contribution is -2.30. The predicted molar refractivity (Wildman–Crippen MR) is 70.0 cm³/mol. The Morgan fingerprint density at radius 3 is 2.89 bits per heavy atom. The summed E-state index contributed by atoms with van der Waals surface area (Å²) >= 11 is 8.54. The molecular weight excluding hydrogens is 326 g/mol. The summed E-state index contributed by atoms with van der Waals surface area (Å²) in [6, 6.07) is 6.13. The van der Waals surface area contributed by atoms with Crippen LogP contribution in [0.2, 0.25) is 0 Å². The van der Waals surface area contributed by atoms with E-state index in [2.05, 4.69) is 20.1 Å². The lowest BCUT2D eigenvalue weighted by atomic mass is 10.1. The Hall–Kier alpha value is -0.650. The van der Waals surface area contributed by atoms with E-state index in [0.717, 1.165) is 5.56 Å². The standard InChI is InChI=1S/C12H13BrClFO3/c1-12(14,11(16)18-13)5-6-17-8-9-3-2-4-10(15)7-9/h2-4,7H,5-6,8H2,1H3. The predicted octanol–water partition coefficient (Wildman–Crippen LogP) is 3.58. The topological polar surface area (TPSA) is 35.5 Å². The van der Waals surface area contributed by atoms with Crippen LogP contribution in [-0.4, -0.2) is 17.5 Å². The van der Waals surface area contributed by atoms with E-state index in [-0.39, 0.29) is 19.0 Å². The number of alkyl halides is 1. The molecule has 100 valence electrons. The first-order valence-electron chi connectivity index (χ1n) is 5.30. The van der Waals surface area contributed by atoms with Crippen LogP contribution in [0.25, 0.3) is 0 Å². The number of carbonyl (C=O) groups is 1. The number of benzene rings is 1. The maximum absolute atomic E-state index is 12.9. The van der Waals surface area contributed by atoms with Gasteiger partial charge in [0.25, 0.3) is 0 Å². The highest BCUT2D eigenvalue weighted by atomic mass is 79.9. The summed E-state index contributed by atoms with van der Waals surface area (Å²) in [6.45, 7) is 2.09. The molecule has 1 rings (SSSR count). The molecule has 0 N–H and O–H groups in total. The van der Waals surface area contributed by atoms with E-state index in [0.29, 0.717) is 6.42 Å². The average Bonchev–Trinajstić information content (AvgIpc) is 2.33. The lowest BCUT2D eigenvalue weighted by Gasteiger charge is -2.17. The molecule has 1 aromatic carbocycles. The number of hydrogen-bond donors (Lipinski definition) is 0. The molecule has 0 saturated carbocycles. The van der Waals surface area contributed by atoms with Crippen molar-refractivity contribution in [3.8, 4) is 0 Å². The van der Waals surface area contributed by atoms with Gasteiger partial charge in [0.05, 0.1) is 6.61 Å². The third kappa shape index (κ3) is 4.92. The second-order valence-electron chi connectivity index (χ2n) is 3.99. The zero-order chi connectivity index (χ0) is 13.6. The molecule has 3 nitrogen and oxygen atoms in total. The molecule has 18 heavy (non-hydrogen) atoms. The quantitative estimate of drug-likeness (QED) is 0.587. The summed E-state index contributed by atoms with van der Waals surface area (Å²) in [6.07, 6.45) is 0.300. The largest absolute Gasteiger partial charge is 0.382 e. The summed E-state index contributed by atoms with van der Waals surface area (Å²) in [4.78, 5) is 10.1. The van der Waals surface area contributed by atoms with Crippen molar-refractivity contribution in [3.63, 3.8) is 0 Å². The van der Waals surface area contributed by atoms with E-state index in [1.54, 1.807) is 19.1 Å².